The molecule has 2 N–H and O–H groups in total. The highest BCUT2D eigenvalue weighted by molar-refractivity contribution is 7.91. The fraction of sp³-hybridized carbons (Fsp3) is 0.423. The van der Waals surface area contributed by atoms with Crippen molar-refractivity contribution in [1.29, 1.82) is 0 Å². The Labute approximate surface area is 199 Å². The standard InChI is InChI=1S/C26H30N2O5S/c1-3-33-19-9-12-28(22(15-19)17-4-6-18(7-5-17)26(29)30)21-10-13-34(31,32)23-14-16(2)25-20(24(21)23)8-11-27-25/h4-8,11,14,19,21-22,27H,3,9-10,12-13,15H2,1-2H3,(H,29,30)/t19-,21?,22-/m1/s1. The maximum absolute atomic E-state index is 13.1. The van der Waals surface area contributed by atoms with Gasteiger partial charge < -0.3 is 14.8 Å². The van der Waals surface area contributed by atoms with E-state index in [1.165, 1.54) is 0 Å². The number of fused-ring (bicyclic) bond motifs is 3. The van der Waals surface area contributed by atoms with E-state index in [2.05, 4.69) is 9.88 Å². The summed E-state index contributed by atoms with van der Waals surface area (Å²) in [6.07, 6.45) is 4.17. The number of nitrogens with zero attached hydrogens (tertiary/aromatic N) is 1. The molecule has 1 saturated heterocycles. The van der Waals surface area contributed by atoms with Crippen LogP contribution in [0.5, 0.6) is 0 Å². The van der Waals surface area contributed by atoms with E-state index in [4.69, 9.17) is 4.74 Å². The molecule has 2 aromatic carbocycles. The largest absolute Gasteiger partial charge is 0.478 e. The summed E-state index contributed by atoms with van der Waals surface area (Å²) >= 11 is 0. The molecule has 5 rings (SSSR count). The minimum absolute atomic E-state index is 0.00194. The number of carboxylic acids is 1. The van der Waals surface area contributed by atoms with Crippen LogP contribution in [0.4, 0.5) is 0 Å². The molecule has 0 spiro atoms. The number of benzene rings is 2. The Morgan fingerprint density at radius 2 is 1.94 bits per heavy atom. The van der Waals surface area contributed by atoms with Gasteiger partial charge in [-0.15, -0.1) is 0 Å². The first-order valence-electron chi connectivity index (χ1n) is 11.8. The Kier molecular flexibility index (Phi) is 6.00. The van der Waals surface area contributed by atoms with Crippen molar-refractivity contribution in [2.45, 2.75) is 56.2 Å². The number of carboxylic acid groups (broad SMARTS) is 1. The van der Waals surface area contributed by atoms with Crippen molar-refractivity contribution in [2.75, 3.05) is 18.9 Å². The van der Waals surface area contributed by atoms with Gasteiger partial charge in [-0.2, -0.15) is 0 Å². The molecular weight excluding hydrogens is 452 g/mol. The van der Waals surface area contributed by atoms with Gasteiger partial charge in [0.05, 0.1) is 22.3 Å². The molecule has 0 saturated carbocycles. The van der Waals surface area contributed by atoms with E-state index in [9.17, 15) is 18.3 Å². The Hall–Kier alpha value is -2.68. The SMILES string of the molecule is CCO[C@@H]1CCN(C2CCS(=O)(=O)c3cc(C)c4[nH]ccc4c32)[C@@H](c2ccc(C(=O)O)cc2)C1. The topological polar surface area (TPSA) is 99.7 Å². The molecule has 0 amide bonds. The predicted molar refractivity (Wildman–Crippen MR) is 130 cm³/mol. The van der Waals surface area contributed by atoms with E-state index < -0.39 is 15.8 Å². The molecule has 0 bridgehead atoms. The van der Waals surface area contributed by atoms with Crippen LogP contribution in [0.15, 0.2) is 47.5 Å². The molecule has 34 heavy (non-hydrogen) atoms. The minimum atomic E-state index is -3.35. The number of aromatic carboxylic acids is 1. The Morgan fingerprint density at radius 3 is 2.65 bits per heavy atom. The highest BCUT2D eigenvalue weighted by Crippen LogP contribution is 2.46. The average Bonchev–Trinajstić information content (AvgIpc) is 3.31. The fourth-order valence-corrected chi connectivity index (χ4v) is 7.43. The van der Waals surface area contributed by atoms with Gasteiger partial charge in [0.1, 0.15) is 0 Å². The van der Waals surface area contributed by atoms with Crippen LogP contribution in [-0.2, 0) is 14.6 Å². The summed E-state index contributed by atoms with van der Waals surface area (Å²) in [5.41, 5.74) is 4.08. The summed E-state index contributed by atoms with van der Waals surface area (Å²) in [5.74, 6) is -0.827. The molecule has 2 aliphatic rings. The molecule has 0 radical (unpaired) electrons. The van der Waals surface area contributed by atoms with Crippen LogP contribution >= 0.6 is 0 Å². The predicted octanol–water partition coefficient (Wildman–Crippen LogP) is 4.64. The molecule has 8 heteroatoms. The Bertz CT molecular complexity index is 1330. The zero-order chi connectivity index (χ0) is 24.0. The maximum atomic E-state index is 13.1. The van der Waals surface area contributed by atoms with Gasteiger partial charge in [-0.1, -0.05) is 12.1 Å². The third-order valence-electron chi connectivity index (χ3n) is 7.31. The zero-order valence-electron chi connectivity index (χ0n) is 19.5. The van der Waals surface area contributed by atoms with Crippen molar-refractivity contribution < 1.29 is 23.1 Å². The van der Waals surface area contributed by atoms with Gasteiger partial charge in [-0.3, -0.25) is 4.90 Å². The molecule has 2 aliphatic heterocycles. The van der Waals surface area contributed by atoms with Crippen molar-refractivity contribution in [3.63, 3.8) is 0 Å². The summed E-state index contributed by atoms with van der Waals surface area (Å²) in [6.45, 7) is 5.36. The monoisotopic (exact) mass is 482 g/mol. The summed E-state index contributed by atoms with van der Waals surface area (Å²) in [4.78, 5) is 17.5. The lowest BCUT2D eigenvalue weighted by molar-refractivity contribution is -0.0269. The number of aryl methyl sites for hydroxylation is 1. The second-order valence-corrected chi connectivity index (χ2v) is 11.4. The van der Waals surface area contributed by atoms with Crippen molar-refractivity contribution in [1.82, 2.24) is 9.88 Å². The average molecular weight is 483 g/mol. The summed E-state index contributed by atoms with van der Waals surface area (Å²) in [6, 6.07) is 10.8. The van der Waals surface area contributed by atoms with E-state index in [0.29, 0.717) is 17.9 Å². The second-order valence-electron chi connectivity index (χ2n) is 9.28. The number of hydrogen-bond acceptors (Lipinski definition) is 5. The molecule has 3 heterocycles. The molecule has 3 atom stereocenters. The number of nitrogens with one attached hydrogen (secondary N) is 1. The first kappa shape index (κ1) is 23.1. The van der Waals surface area contributed by atoms with Gasteiger partial charge in [0, 0.05) is 42.3 Å². The Balaban J connectivity index is 1.61. The van der Waals surface area contributed by atoms with Crippen molar-refractivity contribution in [2.24, 2.45) is 0 Å². The van der Waals surface area contributed by atoms with Crippen molar-refractivity contribution in [3.8, 4) is 0 Å². The van der Waals surface area contributed by atoms with E-state index in [1.807, 2.05) is 44.3 Å². The van der Waals surface area contributed by atoms with E-state index >= 15 is 0 Å². The third kappa shape index (κ3) is 3.93. The lowest BCUT2D eigenvalue weighted by Gasteiger charge is -2.46. The number of piperidine rings is 1. The number of likely N-dealkylation sites (tertiary alicyclic amines) is 1. The van der Waals surface area contributed by atoms with Crippen LogP contribution in [0.2, 0.25) is 0 Å². The van der Waals surface area contributed by atoms with E-state index in [1.54, 1.807) is 12.1 Å². The molecule has 3 aromatic rings. The number of aromatic amines is 1. The first-order chi connectivity index (χ1) is 16.3. The summed E-state index contributed by atoms with van der Waals surface area (Å²) in [7, 11) is -3.35. The lowest BCUT2D eigenvalue weighted by atomic mass is 9.87. The fourth-order valence-electron chi connectivity index (χ4n) is 5.74. The van der Waals surface area contributed by atoms with Crippen LogP contribution < -0.4 is 0 Å². The van der Waals surface area contributed by atoms with Gasteiger partial charge >= 0.3 is 5.97 Å². The first-order valence-corrected chi connectivity index (χ1v) is 13.5. The maximum Gasteiger partial charge on any atom is 0.335 e. The quantitative estimate of drug-likeness (QED) is 0.550. The Morgan fingerprint density at radius 1 is 1.18 bits per heavy atom. The number of H-pyrrole nitrogens is 1. The molecule has 1 unspecified atom stereocenters. The number of sulfone groups is 1. The third-order valence-corrected chi connectivity index (χ3v) is 9.09. The molecule has 0 aliphatic carbocycles. The second kappa shape index (κ2) is 8.83. The molecule has 180 valence electrons. The minimum Gasteiger partial charge on any atom is -0.478 e. The van der Waals surface area contributed by atoms with E-state index in [0.717, 1.165) is 47.0 Å². The lowest BCUT2D eigenvalue weighted by Crippen LogP contribution is -2.44. The van der Waals surface area contributed by atoms with Crippen LogP contribution in [-0.4, -0.2) is 54.4 Å². The zero-order valence-corrected chi connectivity index (χ0v) is 20.3. The molecule has 7 nitrogen and oxygen atoms in total. The normalized spacial score (nSPS) is 24.7. The van der Waals surface area contributed by atoms with Gasteiger partial charge in [-0.05, 0) is 74.1 Å². The number of carbonyl (C=O) groups is 1. The van der Waals surface area contributed by atoms with Crippen LogP contribution in [0.25, 0.3) is 10.9 Å². The van der Waals surface area contributed by atoms with Gasteiger partial charge in [0.15, 0.2) is 9.84 Å². The molecule has 1 aromatic heterocycles. The number of ether oxygens (including phenoxy) is 1. The van der Waals surface area contributed by atoms with Crippen LogP contribution in [0.1, 0.15) is 65.3 Å². The summed E-state index contributed by atoms with van der Waals surface area (Å²) < 4.78 is 32.2. The van der Waals surface area contributed by atoms with Gasteiger partial charge in [0.2, 0.25) is 0 Å². The van der Waals surface area contributed by atoms with Crippen molar-refractivity contribution >= 4 is 26.7 Å². The molecule has 1 fully saturated rings. The summed E-state index contributed by atoms with van der Waals surface area (Å²) in [5, 5.41) is 10.3. The van der Waals surface area contributed by atoms with Crippen LogP contribution in [0, 0.1) is 6.92 Å². The van der Waals surface area contributed by atoms with Crippen molar-refractivity contribution in [3.05, 3.63) is 64.8 Å². The van der Waals surface area contributed by atoms with Gasteiger partial charge in [-0.25, -0.2) is 13.2 Å². The number of hydrogen-bond donors (Lipinski definition) is 2. The highest BCUT2D eigenvalue weighted by Gasteiger charge is 2.41. The molecular formula is C26H30N2O5S. The number of rotatable bonds is 5. The smallest absolute Gasteiger partial charge is 0.335 e. The van der Waals surface area contributed by atoms with Crippen LogP contribution in [0.3, 0.4) is 0 Å². The highest BCUT2D eigenvalue weighted by atomic mass is 32.2. The number of aromatic nitrogens is 1. The van der Waals surface area contributed by atoms with E-state index in [-0.39, 0.29) is 29.5 Å². The van der Waals surface area contributed by atoms with Gasteiger partial charge in [0.25, 0.3) is 0 Å².